The number of piperidine rings is 1. The van der Waals surface area contributed by atoms with Crippen molar-refractivity contribution in [2.45, 2.75) is 31.7 Å². The summed E-state index contributed by atoms with van der Waals surface area (Å²) >= 11 is 0. The van der Waals surface area contributed by atoms with E-state index in [2.05, 4.69) is 40.5 Å². The summed E-state index contributed by atoms with van der Waals surface area (Å²) < 4.78 is 0. The first-order valence-electron chi connectivity index (χ1n) is 7.43. The van der Waals surface area contributed by atoms with E-state index < -0.39 is 0 Å². The number of hydrogen-bond acceptors (Lipinski definition) is 2. The molecule has 3 rings (SSSR count). The van der Waals surface area contributed by atoms with Crippen LogP contribution in [0.1, 0.15) is 37.3 Å². The molecule has 0 radical (unpaired) electrons. The molecular weight excluding hydrogens is 220 g/mol. The largest absolute Gasteiger partial charge is 0.317 e. The van der Waals surface area contributed by atoms with Gasteiger partial charge in [-0.2, -0.15) is 0 Å². The second-order valence-electron chi connectivity index (χ2n) is 5.76. The number of nitrogens with zero attached hydrogens (tertiary/aromatic N) is 1. The van der Waals surface area contributed by atoms with Crippen LogP contribution < -0.4 is 5.32 Å². The number of nitrogens with one attached hydrogen (secondary N) is 1. The highest BCUT2D eigenvalue weighted by atomic mass is 15.2. The van der Waals surface area contributed by atoms with E-state index in [1.54, 1.807) is 0 Å². The van der Waals surface area contributed by atoms with Gasteiger partial charge in [-0.05, 0) is 56.8 Å². The fraction of sp³-hybridized carbons (Fsp3) is 0.625. The van der Waals surface area contributed by atoms with E-state index in [0.717, 1.165) is 5.92 Å². The Labute approximate surface area is 110 Å². The van der Waals surface area contributed by atoms with Crippen molar-refractivity contribution < 1.29 is 0 Å². The number of rotatable bonds is 3. The predicted molar refractivity (Wildman–Crippen MR) is 75.6 cm³/mol. The highest BCUT2D eigenvalue weighted by molar-refractivity contribution is 5.20. The van der Waals surface area contributed by atoms with E-state index in [4.69, 9.17) is 0 Å². The highest BCUT2D eigenvalue weighted by Gasteiger charge is 2.28. The maximum Gasteiger partial charge on any atom is 0.0348 e. The van der Waals surface area contributed by atoms with Gasteiger partial charge in [-0.25, -0.2) is 0 Å². The fourth-order valence-electron chi connectivity index (χ4n) is 3.49. The minimum absolute atomic E-state index is 0.682. The Kier molecular flexibility index (Phi) is 3.96. The van der Waals surface area contributed by atoms with Gasteiger partial charge >= 0.3 is 0 Å². The zero-order chi connectivity index (χ0) is 12.2. The van der Waals surface area contributed by atoms with Crippen LogP contribution in [-0.2, 0) is 0 Å². The second-order valence-corrected chi connectivity index (χ2v) is 5.76. The molecule has 1 aromatic rings. The van der Waals surface area contributed by atoms with Crippen LogP contribution in [0.25, 0.3) is 0 Å². The molecule has 2 saturated heterocycles. The molecule has 0 amide bonds. The molecule has 1 N–H and O–H groups in total. The minimum atomic E-state index is 0.682. The van der Waals surface area contributed by atoms with Gasteiger partial charge in [0.15, 0.2) is 0 Å². The summed E-state index contributed by atoms with van der Waals surface area (Å²) in [5, 5.41) is 3.46. The molecule has 2 nitrogen and oxygen atoms in total. The molecule has 0 aliphatic carbocycles. The number of likely N-dealkylation sites (tertiary alicyclic amines) is 1. The summed E-state index contributed by atoms with van der Waals surface area (Å²) in [6, 6.07) is 11.8. The third-order valence-corrected chi connectivity index (χ3v) is 4.50. The van der Waals surface area contributed by atoms with Gasteiger partial charge in [0.05, 0.1) is 0 Å². The van der Waals surface area contributed by atoms with Crippen LogP contribution in [0, 0.1) is 5.92 Å². The van der Waals surface area contributed by atoms with Crippen LogP contribution in [0.15, 0.2) is 30.3 Å². The van der Waals surface area contributed by atoms with Gasteiger partial charge in [-0.3, -0.25) is 4.90 Å². The van der Waals surface area contributed by atoms with Crippen molar-refractivity contribution in [1.82, 2.24) is 10.2 Å². The first-order chi connectivity index (χ1) is 8.93. The third-order valence-electron chi connectivity index (χ3n) is 4.50. The van der Waals surface area contributed by atoms with Gasteiger partial charge in [-0.15, -0.1) is 0 Å². The lowest BCUT2D eigenvalue weighted by Gasteiger charge is -2.31. The summed E-state index contributed by atoms with van der Waals surface area (Å²) in [6.45, 7) is 5.04. The average Bonchev–Trinajstić information content (AvgIpc) is 2.89. The Hall–Kier alpha value is -0.860. The van der Waals surface area contributed by atoms with Crippen molar-refractivity contribution in [3.8, 4) is 0 Å². The molecule has 0 bridgehead atoms. The van der Waals surface area contributed by atoms with Crippen molar-refractivity contribution in [2.24, 2.45) is 5.92 Å². The van der Waals surface area contributed by atoms with Crippen molar-refractivity contribution in [1.29, 1.82) is 0 Å². The maximum atomic E-state index is 3.46. The molecule has 2 aliphatic heterocycles. The second kappa shape index (κ2) is 5.85. The Balaban J connectivity index is 1.64. The quantitative estimate of drug-likeness (QED) is 0.879. The van der Waals surface area contributed by atoms with Crippen LogP contribution in [0.5, 0.6) is 0 Å². The standard InChI is InChI=1S/C16H24N2/c1-2-5-15(6-3-1)16-7-4-12-18(16)13-14-8-10-17-11-9-14/h1-3,5-6,14,16-17H,4,7-13H2. The summed E-state index contributed by atoms with van der Waals surface area (Å²) in [5.74, 6) is 0.913. The Morgan fingerprint density at radius 2 is 1.83 bits per heavy atom. The van der Waals surface area contributed by atoms with E-state index >= 15 is 0 Å². The molecule has 0 aromatic heterocycles. The molecule has 1 atom stereocenters. The van der Waals surface area contributed by atoms with E-state index in [9.17, 15) is 0 Å². The molecule has 2 heteroatoms. The van der Waals surface area contributed by atoms with Crippen LogP contribution in [0.3, 0.4) is 0 Å². The van der Waals surface area contributed by atoms with E-state index in [1.807, 2.05) is 0 Å². The normalized spacial score (nSPS) is 26.6. The topological polar surface area (TPSA) is 15.3 Å². The Morgan fingerprint density at radius 1 is 1.06 bits per heavy atom. The summed E-state index contributed by atoms with van der Waals surface area (Å²) in [7, 11) is 0. The SMILES string of the molecule is c1ccc(C2CCCN2CC2CCNCC2)cc1. The predicted octanol–water partition coefficient (Wildman–Crippen LogP) is 2.82. The molecule has 1 aromatic carbocycles. The fourth-order valence-corrected chi connectivity index (χ4v) is 3.49. The van der Waals surface area contributed by atoms with Gasteiger partial charge in [0.1, 0.15) is 0 Å². The summed E-state index contributed by atoms with van der Waals surface area (Å²) in [4.78, 5) is 2.73. The molecule has 18 heavy (non-hydrogen) atoms. The third kappa shape index (κ3) is 2.76. The monoisotopic (exact) mass is 244 g/mol. The number of benzene rings is 1. The van der Waals surface area contributed by atoms with Gasteiger partial charge < -0.3 is 5.32 Å². The van der Waals surface area contributed by atoms with Crippen LogP contribution in [0.4, 0.5) is 0 Å². The van der Waals surface area contributed by atoms with Crippen molar-refractivity contribution >= 4 is 0 Å². The average molecular weight is 244 g/mol. The zero-order valence-corrected chi connectivity index (χ0v) is 11.1. The molecule has 1 unspecified atom stereocenters. The van der Waals surface area contributed by atoms with Crippen LogP contribution >= 0.6 is 0 Å². The molecule has 98 valence electrons. The zero-order valence-electron chi connectivity index (χ0n) is 11.1. The number of hydrogen-bond donors (Lipinski definition) is 1. The first kappa shape index (κ1) is 12.2. The molecule has 2 heterocycles. The maximum absolute atomic E-state index is 3.46. The molecule has 0 saturated carbocycles. The lowest BCUT2D eigenvalue weighted by molar-refractivity contribution is 0.193. The van der Waals surface area contributed by atoms with Crippen molar-refractivity contribution in [3.63, 3.8) is 0 Å². The summed E-state index contributed by atoms with van der Waals surface area (Å²) in [6.07, 6.45) is 5.43. The lowest BCUT2D eigenvalue weighted by atomic mass is 9.96. The van der Waals surface area contributed by atoms with Crippen molar-refractivity contribution in [3.05, 3.63) is 35.9 Å². The first-order valence-corrected chi connectivity index (χ1v) is 7.43. The van der Waals surface area contributed by atoms with Gasteiger partial charge in [0.2, 0.25) is 0 Å². The van der Waals surface area contributed by atoms with Crippen LogP contribution in [0.2, 0.25) is 0 Å². The molecule has 2 fully saturated rings. The van der Waals surface area contributed by atoms with Gasteiger partial charge in [0.25, 0.3) is 0 Å². The van der Waals surface area contributed by atoms with Crippen molar-refractivity contribution in [2.75, 3.05) is 26.2 Å². The summed E-state index contributed by atoms with van der Waals surface area (Å²) in [5.41, 5.74) is 1.52. The van der Waals surface area contributed by atoms with Gasteiger partial charge in [-0.1, -0.05) is 30.3 Å². The Morgan fingerprint density at radius 3 is 2.61 bits per heavy atom. The van der Waals surface area contributed by atoms with E-state index in [0.29, 0.717) is 6.04 Å². The van der Waals surface area contributed by atoms with E-state index in [1.165, 1.54) is 57.4 Å². The smallest absolute Gasteiger partial charge is 0.0348 e. The van der Waals surface area contributed by atoms with Crippen LogP contribution in [-0.4, -0.2) is 31.1 Å². The molecular formula is C16H24N2. The van der Waals surface area contributed by atoms with Gasteiger partial charge in [0, 0.05) is 12.6 Å². The lowest BCUT2D eigenvalue weighted by Crippen LogP contribution is -2.36. The highest BCUT2D eigenvalue weighted by Crippen LogP contribution is 2.33. The minimum Gasteiger partial charge on any atom is -0.317 e. The molecule has 0 spiro atoms. The van der Waals surface area contributed by atoms with E-state index in [-0.39, 0.29) is 0 Å². The Bertz CT molecular complexity index is 357. The molecule has 2 aliphatic rings.